The van der Waals surface area contributed by atoms with Gasteiger partial charge < -0.3 is 10.2 Å². The standard InChI is InChI=1S/C44H48ClF4N7O4S3/c1-29(19-23-61-36-11-9-34(10-12-36)54(2)3)52-40-15-13-37(25-42(40)62(57,58)44(47,48)49)63(59,60)53-43-39-18-22-56(27-41(39)50-28-51-43)35-16-20-55(21-17-35)26-31-24-33(46)8-14-38(31)30-4-6-32(45)7-5-30/h4-15,24-25,28-29,35,52H,16-23,26-27H2,1-3H3,(H,50,51,53)/t29-/m1/s1. The number of fused-ring (bicyclic) bond motifs is 1. The van der Waals surface area contributed by atoms with Crippen molar-refractivity contribution in [2.45, 2.75) is 78.0 Å². The van der Waals surface area contributed by atoms with E-state index in [1.165, 1.54) is 12.4 Å². The number of anilines is 3. The quantitative estimate of drug-likeness (QED) is 0.0771. The summed E-state index contributed by atoms with van der Waals surface area (Å²) in [5.74, 6) is 0.261. The molecule has 4 aromatic carbocycles. The monoisotopic (exact) mass is 945 g/mol. The molecule has 2 aliphatic rings. The van der Waals surface area contributed by atoms with Crippen LogP contribution >= 0.6 is 23.4 Å². The summed E-state index contributed by atoms with van der Waals surface area (Å²) in [6.07, 6.45) is 3.79. The Balaban J connectivity index is 0.998. The average molecular weight is 947 g/mol. The molecule has 1 aromatic heterocycles. The van der Waals surface area contributed by atoms with Crippen LogP contribution in [-0.4, -0.2) is 93.7 Å². The van der Waals surface area contributed by atoms with Crippen molar-refractivity contribution in [2.75, 3.05) is 54.4 Å². The topological polar surface area (TPSA) is 128 Å². The molecule has 7 rings (SSSR count). The van der Waals surface area contributed by atoms with Gasteiger partial charge in [0, 0.05) is 67.0 Å². The number of hydrogen-bond donors (Lipinski definition) is 2. The van der Waals surface area contributed by atoms with Crippen LogP contribution in [0.1, 0.15) is 43.0 Å². The molecule has 0 bridgehead atoms. The van der Waals surface area contributed by atoms with Crippen molar-refractivity contribution < 1.29 is 34.4 Å². The van der Waals surface area contributed by atoms with Gasteiger partial charge in [-0.25, -0.2) is 31.2 Å². The number of halogens is 5. The van der Waals surface area contributed by atoms with E-state index in [0.717, 1.165) is 65.3 Å². The Morgan fingerprint density at radius 3 is 2.32 bits per heavy atom. The smallest absolute Gasteiger partial charge is 0.382 e. The van der Waals surface area contributed by atoms with Crippen LogP contribution in [0.3, 0.4) is 0 Å². The predicted molar refractivity (Wildman–Crippen MR) is 241 cm³/mol. The summed E-state index contributed by atoms with van der Waals surface area (Å²) in [4.78, 5) is 14.4. The summed E-state index contributed by atoms with van der Waals surface area (Å²) in [6.45, 7) is 4.86. The van der Waals surface area contributed by atoms with Gasteiger partial charge >= 0.3 is 5.51 Å². The molecule has 0 unspecified atom stereocenters. The third kappa shape index (κ3) is 11.1. The number of nitrogens with zero attached hydrogens (tertiary/aromatic N) is 5. The van der Waals surface area contributed by atoms with Crippen LogP contribution in [0.25, 0.3) is 11.1 Å². The zero-order valence-corrected chi connectivity index (χ0v) is 38.1. The van der Waals surface area contributed by atoms with E-state index < -0.39 is 41.2 Å². The molecule has 0 saturated carbocycles. The van der Waals surface area contributed by atoms with Crippen LogP contribution in [0, 0.1) is 5.82 Å². The highest BCUT2D eigenvalue weighted by Gasteiger charge is 2.48. The Morgan fingerprint density at radius 2 is 1.63 bits per heavy atom. The van der Waals surface area contributed by atoms with Crippen LogP contribution in [0.5, 0.6) is 0 Å². The summed E-state index contributed by atoms with van der Waals surface area (Å²) in [6, 6.07) is 22.6. The molecule has 1 fully saturated rings. The molecule has 0 amide bonds. The summed E-state index contributed by atoms with van der Waals surface area (Å²) in [5, 5.41) is 3.49. The second-order valence-corrected chi connectivity index (χ2v) is 21.2. The lowest BCUT2D eigenvalue weighted by Gasteiger charge is -2.40. The number of alkyl halides is 3. The average Bonchev–Trinajstić information content (AvgIpc) is 3.24. The number of hydrogen-bond acceptors (Lipinski definition) is 11. The maximum atomic E-state index is 14.4. The van der Waals surface area contributed by atoms with Crippen molar-refractivity contribution in [3.8, 4) is 11.1 Å². The number of piperidine rings is 1. The molecule has 2 aliphatic heterocycles. The van der Waals surface area contributed by atoms with E-state index in [-0.39, 0.29) is 23.4 Å². The Morgan fingerprint density at radius 1 is 0.921 bits per heavy atom. The highest BCUT2D eigenvalue weighted by atomic mass is 35.5. The first-order valence-electron chi connectivity index (χ1n) is 20.4. The molecule has 63 heavy (non-hydrogen) atoms. The number of aromatic nitrogens is 2. The number of benzene rings is 4. The Hall–Kier alpha value is -4.46. The van der Waals surface area contributed by atoms with E-state index >= 15 is 0 Å². The molecule has 0 radical (unpaired) electrons. The largest absolute Gasteiger partial charge is 0.501 e. The van der Waals surface area contributed by atoms with Gasteiger partial charge in [-0.1, -0.05) is 29.8 Å². The van der Waals surface area contributed by atoms with Gasteiger partial charge in [0.15, 0.2) is 0 Å². The van der Waals surface area contributed by atoms with Gasteiger partial charge in [-0.05, 0) is 135 Å². The number of sulfonamides is 1. The molecule has 0 aliphatic carbocycles. The molecule has 19 heteroatoms. The summed E-state index contributed by atoms with van der Waals surface area (Å²) < 4.78 is 112. The summed E-state index contributed by atoms with van der Waals surface area (Å²) in [7, 11) is -6.72. The van der Waals surface area contributed by atoms with Gasteiger partial charge in [0.2, 0.25) is 0 Å². The second-order valence-electron chi connectivity index (χ2n) is 16.0. The fourth-order valence-electron chi connectivity index (χ4n) is 7.92. The van der Waals surface area contributed by atoms with E-state index in [0.29, 0.717) is 60.6 Å². The molecule has 1 saturated heterocycles. The van der Waals surface area contributed by atoms with Crippen molar-refractivity contribution >= 4 is 60.4 Å². The summed E-state index contributed by atoms with van der Waals surface area (Å²) in [5.41, 5.74) is -1.05. The van der Waals surface area contributed by atoms with Gasteiger partial charge in [0.25, 0.3) is 19.9 Å². The zero-order valence-electron chi connectivity index (χ0n) is 34.9. The number of nitrogens with one attached hydrogen (secondary N) is 2. The van der Waals surface area contributed by atoms with Crippen LogP contribution in [0.15, 0.2) is 106 Å². The van der Waals surface area contributed by atoms with Gasteiger partial charge in [0.1, 0.15) is 22.9 Å². The number of thioether (sulfide) groups is 1. The SMILES string of the molecule is C[C@H](CCSc1ccc(N(C)C)cc1)Nc1ccc(S(=O)(=O)Nc2ncnc3c2CCN(C2CCN(Cc4cc(F)ccc4-c4ccc(Cl)cc4)CC2)C3)cc1S(=O)(=O)C(F)(F)F. The third-order valence-electron chi connectivity index (χ3n) is 11.4. The maximum absolute atomic E-state index is 14.4. The lowest BCUT2D eigenvalue weighted by molar-refractivity contribution is -0.0435. The lowest BCUT2D eigenvalue weighted by Crippen LogP contribution is -2.46. The maximum Gasteiger partial charge on any atom is 0.501 e. The summed E-state index contributed by atoms with van der Waals surface area (Å²) >= 11 is 7.65. The van der Waals surface area contributed by atoms with Gasteiger partial charge in [-0.3, -0.25) is 14.5 Å². The predicted octanol–water partition coefficient (Wildman–Crippen LogP) is 9.10. The molecule has 0 spiro atoms. The van der Waals surface area contributed by atoms with Crippen molar-refractivity contribution in [3.05, 3.63) is 119 Å². The Bertz CT molecular complexity index is 2630. The first-order valence-corrected chi connectivity index (χ1v) is 24.7. The van der Waals surface area contributed by atoms with Crippen LogP contribution in [0.2, 0.25) is 5.02 Å². The zero-order chi connectivity index (χ0) is 45.1. The molecule has 5 aromatic rings. The Kier molecular flexibility index (Phi) is 14.3. The molecule has 1 atom stereocenters. The number of sulfone groups is 1. The van der Waals surface area contributed by atoms with Crippen molar-refractivity contribution in [1.82, 2.24) is 19.8 Å². The molecule has 2 N–H and O–H groups in total. The lowest BCUT2D eigenvalue weighted by atomic mass is 9.96. The molecule has 336 valence electrons. The molecule has 11 nitrogen and oxygen atoms in total. The fourth-order valence-corrected chi connectivity index (χ4v) is 11.2. The van der Waals surface area contributed by atoms with Crippen molar-refractivity contribution in [3.63, 3.8) is 0 Å². The van der Waals surface area contributed by atoms with E-state index in [1.807, 2.05) is 67.5 Å². The van der Waals surface area contributed by atoms with Crippen LogP contribution < -0.4 is 14.9 Å². The third-order valence-corrected chi connectivity index (χ3v) is 15.5. The Labute approximate surface area is 375 Å². The van der Waals surface area contributed by atoms with Gasteiger partial charge in [-0.2, -0.15) is 13.2 Å². The van der Waals surface area contributed by atoms with Crippen molar-refractivity contribution in [1.29, 1.82) is 0 Å². The van der Waals surface area contributed by atoms with Gasteiger partial charge in [0.05, 0.1) is 16.3 Å². The minimum Gasteiger partial charge on any atom is -0.382 e. The highest BCUT2D eigenvalue weighted by molar-refractivity contribution is 7.99. The van der Waals surface area contributed by atoms with E-state index in [2.05, 4.69) is 29.8 Å². The first-order chi connectivity index (χ1) is 29.9. The molecular formula is C44H48ClF4N7O4S3. The highest BCUT2D eigenvalue weighted by Crippen LogP contribution is 2.37. The molecular weight excluding hydrogens is 898 g/mol. The van der Waals surface area contributed by atoms with E-state index in [1.54, 1.807) is 30.8 Å². The van der Waals surface area contributed by atoms with E-state index in [9.17, 15) is 34.4 Å². The first kappa shape index (κ1) is 46.5. The van der Waals surface area contributed by atoms with Crippen LogP contribution in [-0.2, 0) is 39.4 Å². The minimum atomic E-state index is -5.97. The fraction of sp³-hybridized carbons (Fsp3) is 0.364. The van der Waals surface area contributed by atoms with Gasteiger partial charge in [-0.15, -0.1) is 11.8 Å². The second kappa shape index (κ2) is 19.3. The minimum absolute atomic E-state index is 0.0223. The number of rotatable bonds is 15. The normalized spacial score (nSPS) is 16.1. The van der Waals surface area contributed by atoms with E-state index in [4.69, 9.17) is 11.6 Å². The van der Waals surface area contributed by atoms with Crippen LogP contribution in [0.4, 0.5) is 34.8 Å². The molecule has 3 heterocycles. The van der Waals surface area contributed by atoms with Crippen molar-refractivity contribution in [2.24, 2.45) is 0 Å². The number of likely N-dealkylation sites (tertiary alicyclic amines) is 1.